The molecule has 0 saturated carbocycles. The molecule has 1 unspecified atom stereocenters. The topological polar surface area (TPSA) is 123 Å². The molecule has 2 aromatic carbocycles. The van der Waals surface area contributed by atoms with E-state index in [2.05, 4.69) is 10.6 Å². The number of nitrogens with one attached hydrogen (secondary N) is 2. The van der Waals surface area contributed by atoms with Crippen LogP contribution in [-0.2, 0) is 9.53 Å². The molecule has 2 aromatic rings. The van der Waals surface area contributed by atoms with Crippen LogP contribution in [0.1, 0.15) is 17.2 Å². The third-order valence-electron chi connectivity index (χ3n) is 3.81. The standard InChI is InChI=1S/C19H22FN5O3/c1-25(22)18(17(21)14-7-9-15(10-8-14)23-12-26)24-19(27)28-16(11-20)13-5-3-2-4-6-13/h2-10,12,16H,11,21-22H2,1H3,(H,23,26)(H,24,27)/b18-17-. The lowest BCUT2D eigenvalue weighted by Gasteiger charge is -2.22. The van der Waals surface area contributed by atoms with Crippen molar-refractivity contribution in [2.45, 2.75) is 6.10 Å². The first-order valence-corrected chi connectivity index (χ1v) is 8.33. The molecule has 2 rings (SSSR count). The van der Waals surface area contributed by atoms with Crippen molar-refractivity contribution in [3.63, 3.8) is 0 Å². The molecule has 0 aliphatic rings. The number of hydrogen-bond acceptors (Lipinski definition) is 6. The fourth-order valence-corrected chi connectivity index (χ4v) is 2.41. The van der Waals surface area contributed by atoms with Gasteiger partial charge < -0.3 is 15.8 Å². The molecular weight excluding hydrogens is 365 g/mol. The van der Waals surface area contributed by atoms with E-state index < -0.39 is 18.9 Å². The van der Waals surface area contributed by atoms with Crippen molar-refractivity contribution in [3.8, 4) is 0 Å². The van der Waals surface area contributed by atoms with Crippen LogP contribution in [0.4, 0.5) is 14.9 Å². The van der Waals surface area contributed by atoms with E-state index in [1.807, 2.05) is 0 Å². The van der Waals surface area contributed by atoms with Crippen LogP contribution < -0.4 is 22.2 Å². The number of hydrazine groups is 1. The van der Waals surface area contributed by atoms with Gasteiger partial charge in [0.2, 0.25) is 6.41 Å². The minimum absolute atomic E-state index is 0.0757. The Kier molecular flexibility index (Phi) is 7.35. The Bertz CT molecular complexity index is 825. The molecule has 0 heterocycles. The summed E-state index contributed by atoms with van der Waals surface area (Å²) in [5.74, 6) is 5.84. The van der Waals surface area contributed by atoms with E-state index in [0.29, 0.717) is 23.2 Å². The van der Waals surface area contributed by atoms with Crippen LogP contribution >= 0.6 is 0 Å². The van der Waals surface area contributed by atoms with E-state index in [1.54, 1.807) is 54.6 Å². The summed E-state index contributed by atoms with van der Waals surface area (Å²) >= 11 is 0. The molecule has 6 N–H and O–H groups in total. The number of ether oxygens (including phenoxy) is 1. The van der Waals surface area contributed by atoms with Crippen molar-refractivity contribution in [2.75, 3.05) is 19.0 Å². The highest BCUT2D eigenvalue weighted by Crippen LogP contribution is 2.19. The van der Waals surface area contributed by atoms with Crippen molar-refractivity contribution in [2.24, 2.45) is 11.6 Å². The van der Waals surface area contributed by atoms with Gasteiger partial charge in [0.05, 0.1) is 5.70 Å². The quantitative estimate of drug-likeness (QED) is 0.312. The van der Waals surface area contributed by atoms with Crippen molar-refractivity contribution in [1.29, 1.82) is 0 Å². The molecule has 1 atom stereocenters. The van der Waals surface area contributed by atoms with Gasteiger partial charge in [-0.3, -0.25) is 15.1 Å². The second-order valence-corrected chi connectivity index (χ2v) is 5.80. The van der Waals surface area contributed by atoms with E-state index in [9.17, 15) is 14.0 Å². The van der Waals surface area contributed by atoms with E-state index in [1.165, 1.54) is 7.05 Å². The molecule has 0 fully saturated rings. The smallest absolute Gasteiger partial charge is 0.413 e. The Morgan fingerprint density at radius 2 is 1.86 bits per heavy atom. The van der Waals surface area contributed by atoms with Crippen LogP contribution in [-0.4, -0.2) is 31.2 Å². The Morgan fingerprint density at radius 1 is 1.21 bits per heavy atom. The van der Waals surface area contributed by atoms with Crippen molar-refractivity contribution < 1.29 is 18.7 Å². The lowest BCUT2D eigenvalue weighted by Crippen LogP contribution is -2.39. The number of nitrogens with zero attached hydrogens (tertiary/aromatic N) is 1. The average molecular weight is 387 g/mol. The summed E-state index contributed by atoms with van der Waals surface area (Å²) in [5, 5.41) is 6.06. The van der Waals surface area contributed by atoms with E-state index >= 15 is 0 Å². The fraction of sp³-hybridized carbons (Fsp3) is 0.158. The lowest BCUT2D eigenvalue weighted by molar-refractivity contribution is -0.105. The Labute approximate surface area is 161 Å². The summed E-state index contributed by atoms with van der Waals surface area (Å²) in [6, 6.07) is 15.1. The van der Waals surface area contributed by atoms with E-state index in [0.717, 1.165) is 5.01 Å². The highest BCUT2D eigenvalue weighted by Gasteiger charge is 2.19. The molecule has 0 spiro atoms. The monoisotopic (exact) mass is 387 g/mol. The highest BCUT2D eigenvalue weighted by atomic mass is 19.1. The van der Waals surface area contributed by atoms with Crippen LogP contribution in [0, 0.1) is 0 Å². The second-order valence-electron chi connectivity index (χ2n) is 5.80. The summed E-state index contributed by atoms with van der Waals surface area (Å²) in [4.78, 5) is 22.7. The number of carbonyl (C=O) groups excluding carboxylic acids is 2. The van der Waals surface area contributed by atoms with Gasteiger partial charge in [0.1, 0.15) is 12.5 Å². The van der Waals surface area contributed by atoms with Crippen molar-refractivity contribution >= 4 is 23.9 Å². The predicted molar refractivity (Wildman–Crippen MR) is 104 cm³/mol. The van der Waals surface area contributed by atoms with E-state index in [4.69, 9.17) is 16.3 Å². The van der Waals surface area contributed by atoms with Crippen molar-refractivity contribution in [1.82, 2.24) is 10.3 Å². The number of alkyl carbamates (subject to hydrolysis) is 1. The van der Waals surface area contributed by atoms with Gasteiger partial charge in [0.15, 0.2) is 6.10 Å². The maximum atomic E-state index is 13.3. The minimum Gasteiger partial charge on any atom is -0.438 e. The normalized spacial score (nSPS) is 12.4. The molecule has 28 heavy (non-hydrogen) atoms. The van der Waals surface area contributed by atoms with Gasteiger partial charge in [-0.05, 0) is 17.7 Å². The van der Waals surface area contributed by atoms with Crippen LogP contribution in [0.25, 0.3) is 5.70 Å². The summed E-state index contributed by atoms with van der Waals surface area (Å²) in [6.45, 7) is -0.879. The zero-order chi connectivity index (χ0) is 20.5. The maximum absolute atomic E-state index is 13.3. The highest BCUT2D eigenvalue weighted by molar-refractivity contribution is 5.76. The van der Waals surface area contributed by atoms with Gasteiger partial charge in [-0.2, -0.15) is 0 Å². The Morgan fingerprint density at radius 3 is 2.39 bits per heavy atom. The maximum Gasteiger partial charge on any atom is 0.413 e. The van der Waals surface area contributed by atoms with Gasteiger partial charge in [0, 0.05) is 18.3 Å². The second kappa shape index (κ2) is 9.93. The number of hydrogen-bond donors (Lipinski definition) is 4. The molecule has 9 heteroatoms. The average Bonchev–Trinajstić information content (AvgIpc) is 2.71. The van der Waals surface area contributed by atoms with E-state index in [-0.39, 0.29) is 11.5 Å². The third-order valence-corrected chi connectivity index (χ3v) is 3.81. The number of amides is 2. The number of benzene rings is 2. The van der Waals surface area contributed by atoms with Gasteiger partial charge in [0.25, 0.3) is 0 Å². The number of nitrogens with two attached hydrogens (primary N) is 2. The lowest BCUT2D eigenvalue weighted by atomic mass is 10.1. The first kappa shape index (κ1) is 20.7. The predicted octanol–water partition coefficient (Wildman–Crippen LogP) is 2.08. The fourth-order valence-electron chi connectivity index (χ4n) is 2.41. The molecule has 0 aliphatic carbocycles. The van der Waals surface area contributed by atoms with Gasteiger partial charge in [-0.1, -0.05) is 42.5 Å². The zero-order valence-electron chi connectivity index (χ0n) is 15.3. The SMILES string of the molecule is CN(N)/C(NC(=O)OC(CF)c1ccccc1)=C(\N)c1ccc(NC=O)cc1. The molecule has 0 aromatic heterocycles. The first-order valence-electron chi connectivity index (χ1n) is 8.33. The minimum atomic E-state index is -1.06. The number of anilines is 1. The van der Waals surface area contributed by atoms with Crippen LogP contribution in [0.2, 0.25) is 0 Å². The molecule has 0 radical (unpaired) electrons. The van der Waals surface area contributed by atoms with Gasteiger partial charge in [-0.25, -0.2) is 15.0 Å². The number of rotatable bonds is 8. The molecule has 148 valence electrons. The third kappa shape index (κ3) is 5.45. The summed E-state index contributed by atoms with van der Waals surface area (Å²) in [7, 11) is 1.48. The Hall–Kier alpha value is -3.59. The largest absolute Gasteiger partial charge is 0.438 e. The number of alkyl halides is 1. The van der Waals surface area contributed by atoms with Gasteiger partial charge >= 0.3 is 6.09 Å². The van der Waals surface area contributed by atoms with Crippen molar-refractivity contribution in [3.05, 3.63) is 71.5 Å². The summed E-state index contributed by atoms with van der Waals surface area (Å²) in [5.41, 5.74) is 7.93. The Balaban J connectivity index is 2.17. The molecular formula is C19H22FN5O3. The van der Waals surface area contributed by atoms with Crippen LogP contribution in [0.3, 0.4) is 0 Å². The molecule has 0 bridgehead atoms. The molecule has 8 nitrogen and oxygen atoms in total. The molecule has 0 saturated heterocycles. The number of carbonyl (C=O) groups is 2. The van der Waals surface area contributed by atoms with Crippen LogP contribution in [0.5, 0.6) is 0 Å². The molecule has 2 amide bonds. The first-order chi connectivity index (χ1) is 13.5. The summed E-state index contributed by atoms with van der Waals surface area (Å²) < 4.78 is 18.5. The van der Waals surface area contributed by atoms with Gasteiger partial charge in [-0.15, -0.1) is 0 Å². The number of halogens is 1. The molecule has 0 aliphatic heterocycles. The summed E-state index contributed by atoms with van der Waals surface area (Å²) in [6.07, 6.45) is -1.40. The van der Waals surface area contributed by atoms with Crippen LogP contribution in [0.15, 0.2) is 60.4 Å². The zero-order valence-corrected chi connectivity index (χ0v) is 15.3.